The molecule has 1 amide bonds. The van der Waals surface area contributed by atoms with Crippen LogP contribution < -0.4 is 5.32 Å². The van der Waals surface area contributed by atoms with Crippen LogP contribution in [-0.4, -0.2) is 57.7 Å². The number of nitrogens with one attached hydrogen (secondary N) is 1. The van der Waals surface area contributed by atoms with E-state index in [9.17, 15) is 13.2 Å². The summed E-state index contributed by atoms with van der Waals surface area (Å²) in [4.78, 5) is 11.8. The van der Waals surface area contributed by atoms with E-state index in [2.05, 4.69) is 5.32 Å². The first-order valence-corrected chi connectivity index (χ1v) is 7.86. The molecule has 1 heterocycles. The monoisotopic (exact) mass is 278 g/mol. The van der Waals surface area contributed by atoms with Crippen molar-refractivity contribution >= 4 is 15.9 Å². The molecule has 18 heavy (non-hydrogen) atoms. The van der Waals surface area contributed by atoms with Gasteiger partial charge in [-0.1, -0.05) is 0 Å². The number of carbonyl (C=O) groups is 1. The Balaban J connectivity index is 2.51. The van der Waals surface area contributed by atoms with Crippen molar-refractivity contribution in [2.45, 2.75) is 19.8 Å². The number of piperidine rings is 1. The van der Waals surface area contributed by atoms with E-state index in [0.717, 1.165) is 12.8 Å². The van der Waals surface area contributed by atoms with Crippen molar-refractivity contribution in [3.63, 3.8) is 0 Å². The number of amides is 1. The van der Waals surface area contributed by atoms with Gasteiger partial charge in [-0.05, 0) is 19.8 Å². The highest BCUT2D eigenvalue weighted by molar-refractivity contribution is 7.89. The van der Waals surface area contributed by atoms with Crippen LogP contribution in [0, 0.1) is 5.92 Å². The van der Waals surface area contributed by atoms with Crippen LogP contribution >= 0.6 is 0 Å². The Kier molecular flexibility index (Phi) is 6.04. The van der Waals surface area contributed by atoms with Crippen molar-refractivity contribution in [1.29, 1.82) is 0 Å². The average Bonchev–Trinajstić information content (AvgIpc) is 2.39. The summed E-state index contributed by atoms with van der Waals surface area (Å²) in [5.74, 6) is -0.231. The van der Waals surface area contributed by atoms with Gasteiger partial charge in [0.25, 0.3) is 0 Å². The van der Waals surface area contributed by atoms with Gasteiger partial charge in [0.2, 0.25) is 15.9 Å². The van der Waals surface area contributed by atoms with Gasteiger partial charge in [0.15, 0.2) is 0 Å². The van der Waals surface area contributed by atoms with Crippen molar-refractivity contribution in [3.05, 3.63) is 0 Å². The lowest BCUT2D eigenvalue weighted by atomic mass is 9.99. The largest absolute Gasteiger partial charge is 0.383 e. The minimum Gasteiger partial charge on any atom is -0.383 e. The summed E-state index contributed by atoms with van der Waals surface area (Å²) in [5, 5.41) is 2.76. The third kappa shape index (κ3) is 4.22. The molecule has 6 nitrogen and oxygen atoms in total. The summed E-state index contributed by atoms with van der Waals surface area (Å²) in [6.45, 7) is 3.38. The number of rotatable bonds is 6. The topological polar surface area (TPSA) is 75.7 Å². The Labute approximate surface area is 109 Å². The molecular weight excluding hydrogens is 256 g/mol. The average molecular weight is 278 g/mol. The van der Waals surface area contributed by atoms with Crippen molar-refractivity contribution < 1.29 is 17.9 Å². The molecule has 0 bridgehead atoms. The second kappa shape index (κ2) is 7.06. The molecule has 1 fully saturated rings. The van der Waals surface area contributed by atoms with Gasteiger partial charge < -0.3 is 10.1 Å². The lowest BCUT2D eigenvalue weighted by Gasteiger charge is -2.30. The molecule has 1 rings (SSSR count). The van der Waals surface area contributed by atoms with Gasteiger partial charge in [-0.3, -0.25) is 4.79 Å². The van der Waals surface area contributed by atoms with Gasteiger partial charge >= 0.3 is 0 Å². The maximum absolute atomic E-state index is 11.8. The molecule has 0 aromatic heterocycles. The van der Waals surface area contributed by atoms with Gasteiger partial charge in [-0.2, -0.15) is 0 Å². The van der Waals surface area contributed by atoms with Gasteiger partial charge in [-0.25, -0.2) is 12.7 Å². The minimum atomic E-state index is -3.18. The Bertz CT molecular complexity index is 369. The van der Waals surface area contributed by atoms with E-state index in [0.29, 0.717) is 26.2 Å². The fourth-order valence-electron chi connectivity index (χ4n) is 2.01. The Morgan fingerprint density at radius 1 is 1.50 bits per heavy atom. The zero-order valence-electron chi connectivity index (χ0n) is 11.0. The second-order valence-electron chi connectivity index (χ2n) is 4.38. The molecule has 0 saturated carbocycles. The van der Waals surface area contributed by atoms with Crippen LogP contribution in [-0.2, 0) is 19.6 Å². The van der Waals surface area contributed by atoms with E-state index >= 15 is 0 Å². The van der Waals surface area contributed by atoms with Crippen molar-refractivity contribution in [2.24, 2.45) is 5.92 Å². The summed E-state index contributed by atoms with van der Waals surface area (Å²) in [6.07, 6.45) is 1.48. The zero-order valence-corrected chi connectivity index (χ0v) is 11.8. The smallest absolute Gasteiger partial charge is 0.224 e. The molecule has 0 radical (unpaired) electrons. The predicted octanol–water partition coefficient (Wildman–Crippen LogP) is -0.189. The number of hydrogen-bond acceptors (Lipinski definition) is 4. The molecule has 1 aliphatic rings. The third-order valence-corrected chi connectivity index (χ3v) is 4.97. The van der Waals surface area contributed by atoms with Crippen LogP contribution in [0.1, 0.15) is 19.8 Å². The maximum atomic E-state index is 11.8. The van der Waals surface area contributed by atoms with Crippen molar-refractivity contribution in [2.75, 3.05) is 39.1 Å². The molecule has 1 atom stereocenters. The van der Waals surface area contributed by atoms with Crippen LogP contribution in [0.25, 0.3) is 0 Å². The quantitative estimate of drug-likeness (QED) is 0.683. The normalized spacial score (nSPS) is 21.8. The summed E-state index contributed by atoms with van der Waals surface area (Å²) in [5.41, 5.74) is 0. The zero-order chi connectivity index (χ0) is 13.6. The van der Waals surface area contributed by atoms with E-state index < -0.39 is 10.0 Å². The lowest BCUT2D eigenvalue weighted by Crippen LogP contribution is -2.46. The molecule has 1 N–H and O–H groups in total. The number of hydrogen-bond donors (Lipinski definition) is 1. The van der Waals surface area contributed by atoms with Gasteiger partial charge in [0, 0.05) is 26.7 Å². The maximum Gasteiger partial charge on any atom is 0.224 e. The fraction of sp³-hybridized carbons (Fsp3) is 0.909. The first-order valence-electron chi connectivity index (χ1n) is 6.25. The van der Waals surface area contributed by atoms with E-state index in [1.54, 1.807) is 14.0 Å². The standard InChI is InChI=1S/C11H22N2O4S/c1-3-18(15,16)13-7-4-5-10(9-13)11(14)12-6-8-17-2/h10H,3-9H2,1-2H3,(H,12,14)/t10-/m1/s1. The van der Waals surface area contributed by atoms with Crippen LogP contribution in [0.3, 0.4) is 0 Å². The molecule has 0 aliphatic carbocycles. The molecule has 0 aromatic carbocycles. The lowest BCUT2D eigenvalue weighted by molar-refractivity contribution is -0.126. The van der Waals surface area contributed by atoms with Crippen molar-refractivity contribution in [1.82, 2.24) is 9.62 Å². The van der Waals surface area contributed by atoms with Gasteiger partial charge in [0.1, 0.15) is 0 Å². The van der Waals surface area contributed by atoms with Crippen molar-refractivity contribution in [3.8, 4) is 0 Å². The van der Waals surface area contributed by atoms with E-state index in [4.69, 9.17) is 4.74 Å². The highest BCUT2D eigenvalue weighted by atomic mass is 32.2. The second-order valence-corrected chi connectivity index (χ2v) is 6.64. The summed E-state index contributed by atoms with van der Waals surface area (Å²) in [6, 6.07) is 0. The number of carbonyl (C=O) groups excluding carboxylic acids is 1. The van der Waals surface area contributed by atoms with Crippen LogP contribution in [0.2, 0.25) is 0 Å². The third-order valence-electron chi connectivity index (χ3n) is 3.12. The van der Waals surface area contributed by atoms with Gasteiger partial charge in [0.05, 0.1) is 18.3 Å². The molecule has 0 spiro atoms. The summed E-state index contributed by atoms with van der Waals surface area (Å²) < 4.78 is 29.8. The van der Waals surface area contributed by atoms with Gasteiger partial charge in [-0.15, -0.1) is 0 Å². The number of methoxy groups -OCH3 is 1. The molecule has 0 unspecified atom stereocenters. The summed E-state index contributed by atoms with van der Waals surface area (Å²) in [7, 11) is -1.61. The predicted molar refractivity (Wildman–Crippen MR) is 68.6 cm³/mol. The first-order chi connectivity index (χ1) is 8.51. The van der Waals surface area contributed by atoms with E-state index in [1.807, 2.05) is 0 Å². The molecule has 1 saturated heterocycles. The molecule has 7 heteroatoms. The first kappa shape index (κ1) is 15.4. The minimum absolute atomic E-state index is 0.0805. The number of sulfonamides is 1. The van der Waals surface area contributed by atoms with E-state index in [-0.39, 0.29) is 17.6 Å². The number of nitrogens with zero attached hydrogens (tertiary/aromatic N) is 1. The SMILES string of the molecule is CCS(=O)(=O)N1CCC[C@@H](C(=O)NCCOC)C1. The van der Waals surface area contributed by atoms with Crippen LogP contribution in [0.5, 0.6) is 0 Å². The highest BCUT2D eigenvalue weighted by Crippen LogP contribution is 2.19. The molecule has 1 aliphatic heterocycles. The number of ether oxygens (including phenoxy) is 1. The fourth-order valence-corrected chi connectivity index (χ4v) is 3.19. The molecule has 106 valence electrons. The van der Waals surface area contributed by atoms with Crippen LogP contribution in [0.15, 0.2) is 0 Å². The molecular formula is C11H22N2O4S. The Morgan fingerprint density at radius 3 is 2.83 bits per heavy atom. The van der Waals surface area contributed by atoms with Crippen LogP contribution in [0.4, 0.5) is 0 Å². The Morgan fingerprint density at radius 2 is 2.22 bits per heavy atom. The molecule has 0 aromatic rings. The Hall–Kier alpha value is -0.660. The summed E-state index contributed by atoms with van der Waals surface area (Å²) >= 11 is 0. The highest BCUT2D eigenvalue weighted by Gasteiger charge is 2.31. The van der Waals surface area contributed by atoms with E-state index in [1.165, 1.54) is 4.31 Å².